The first kappa shape index (κ1) is 14.5. The largest absolute Gasteiger partial charge is 0.381 e. The van der Waals surface area contributed by atoms with E-state index < -0.39 is 0 Å². The topological polar surface area (TPSA) is 21.3 Å². The van der Waals surface area contributed by atoms with Crippen LogP contribution in [0.4, 0.5) is 0 Å². The van der Waals surface area contributed by atoms with Crippen molar-refractivity contribution in [3.8, 4) is 0 Å². The molecule has 2 rings (SSSR count). The summed E-state index contributed by atoms with van der Waals surface area (Å²) in [7, 11) is 2.04. The summed E-state index contributed by atoms with van der Waals surface area (Å²) < 4.78 is 5.54. The molecule has 2 nitrogen and oxygen atoms in total. The molecule has 106 valence electrons. The minimum absolute atomic E-state index is 0.227. The quantitative estimate of drug-likeness (QED) is 0.902. The standard InChI is InChI=1S/C17H27NO/c1-16(2,3)14-5-7-15(8-6-14)17(13-18-4)9-11-19-12-10-17/h5-8,18H,9-13H2,1-4H3. The van der Waals surface area contributed by atoms with Crippen LogP contribution in [-0.2, 0) is 15.6 Å². The predicted octanol–water partition coefficient (Wildman–Crippen LogP) is 3.25. The zero-order valence-electron chi connectivity index (χ0n) is 12.8. The lowest BCUT2D eigenvalue weighted by Crippen LogP contribution is -2.41. The highest BCUT2D eigenvalue weighted by Crippen LogP contribution is 2.35. The molecule has 0 atom stereocenters. The molecular weight excluding hydrogens is 234 g/mol. The van der Waals surface area contributed by atoms with Crippen LogP contribution in [0.3, 0.4) is 0 Å². The number of nitrogens with one attached hydrogen (secondary N) is 1. The monoisotopic (exact) mass is 261 g/mol. The number of likely N-dealkylation sites (N-methyl/N-ethyl adjacent to an activating group) is 1. The summed E-state index contributed by atoms with van der Waals surface area (Å²) >= 11 is 0. The Kier molecular flexibility index (Phi) is 4.32. The molecule has 0 unspecified atom stereocenters. The molecule has 1 fully saturated rings. The molecule has 0 bridgehead atoms. The third kappa shape index (κ3) is 3.18. The predicted molar refractivity (Wildman–Crippen MR) is 80.8 cm³/mol. The van der Waals surface area contributed by atoms with Gasteiger partial charge in [0.15, 0.2) is 0 Å². The van der Waals surface area contributed by atoms with E-state index in [0.717, 1.165) is 32.6 Å². The van der Waals surface area contributed by atoms with Gasteiger partial charge in [0.25, 0.3) is 0 Å². The highest BCUT2D eigenvalue weighted by Gasteiger charge is 2.33. The third-order valence-corrected chi connectivity index (χ3v) is 4.33. The van der Waals surface area contributed by atoms with E-state index in [9.17, 15) is 0 Å². The summed E-state index contributed by atoms with van der Waals surface area (Å²) in [5.41, 5.74) is 3.34. The lowest BCUT2D eigenvalue weighted by molar-refractivity contribution is 0.0505. The van der Waals surface area contributed by atoms with Gasteiger partial charge < -0.3 is 10.1 Å². The Morgan fingerprint density at radius 1 is 1.11 bits per heavy atom. The van der Waals surface area contributed by atoms with Crippen LogP contribution >= 0.6 is 0 Å². The van der Waals surface area contributed by atoms with Crippen molar-refractivity contribution in [2.75, 3.05) is 26.8 Å². The Morgan fingerprint density at radius 3 is 2.16 bits per heavy atom. The van der Waals surface area contributed by atoms with Crippen LogP contribution in [0.25, 0.3) is 0 Å². The van der Waals surface area contributed by atoms with E-state index in [0.29, 0.717) is 0 Å². The van der Waals surface area contributed by atoms with E-state index in [1.807, 2.05) is 7.05 Å². The first-order chi connectivity index (χ1) is 8.98. The number of ether oxygens (including phenoxy) is 1. The third-order valence-electron chi connectivity index (χ3n) is 4.33. The summed E-state index contributed by atoms with van der Waals surface area (Å²) in [6.45, 7) is 9.58. The van der Waals surface area contributed by atoms with Crippen LogP contribution in [0.15, 0.2) is 24.3 Å². The molecule has 0 aliphatic carbocycles. The molecule has 0 aromatic heterocycles. The molecule has 2 heteroatoms. The van der Waals surface area contributed by atoms with Crippen molar-refractivity contribution in [3.05, 3.63) is 35.4 Å². The van der Waals surface area contributed by atoms with Gasteiger partial charge in [-0.25, -0.2) is 0 Å². The SMILES string of the molecule is CNCC1(c2ccc(C(C)(C)C)cc2)CCOCC1. The lowest BCUT2D eigenvalue weighted by atomic mass is 9.73. The summed E-state index contributed by atoms with van der Waals surface area (Å²) in [5.74, 6) is 0. The molecule has 0 radical (unpaired) electrons. The van der Waals surface area contributed by atoms with E-state index in [-0.39, 0.29) is 10.8 Å². The Hall–Kier alpha value is -0.860. The average molecular weight is 261 g/mol. The second-order valence-electron chi connectivity index (χ2n) is 6.75. The Morgan fingerprint density at radius 2 is 1.68 bits per heavy atom. The van der Waals surface area contributed by atoms with E-state index in [4.69, 9.17) is 4.74 Å². The molecule has 1 heterocycles. The minimum atomic E-state index is 0.227. The summed E-state index contributed by atoms with van der Waals surface area (Å²) in [6.07, 6.45) is 2.23. The van der Waals surface area contributed by atoms with E-state index in [2.05, 4.69) is 50.4 Å². The van der Waals surface area contributed by atoms with Crippen molar-refractivity contribution < 1.29 is 4.74 Å². The maximum atomic E-state index is 5.54. The van der Waals surface area contributed by atoms with Crippen molar-refractivity contribution in [3.63, 3.8) is 0 Å². The van der Waals surface area contributed by atoms with Gasteiger partial charge in [0.05, 0.1) is 0 Å². The highest BCUT2D eigenvalue weighted by molar-refractivity contribution is 5.33. The zero-order chi connectivity index (χ0) is 13.9. The van der Waals surface area contributed by atoms with Gasteiger partial charge in [0.2, 0.25) is 0 Å². The Balaban J connectivity index is 2.27. The van der Waals surface area contributed by atoms with Gasteiger partial charge >= 0.3 is 0 Å². The van der Waals surface area contributed by atoms with Gasteiger partial charge in [-0.1, -0.05) is 45.0 Å². The number of benzene rings is 1. The minimum Gasteiger partial charge on any atom is -0.381 e. The zero-order valence-corrected chi connectivity index (χ0v) is 12.8. The van der Waals surface area contributed by atoms with E-state index in [1.165, 1.54) is 11.1 Å². The second-order valence-corrected chi connectivity index (χ2v) is 6.75. The van der Waals surface area contributed by atoms with Crippen molar-refractivity contribution >= 4 is 0 Å². The molecule has 0 saturated carbocycles. The molecule has 1 aromatic carbocycles. The fourth-order valence-electron chi connectivity index (χ4n) is 2.99. The Labute approximate surface area is 117 Å². The van der Waals surface area contributed by atoms with Crippen molar-refractivity contribution in [1.29, 1.82) is 0 Å². The molecule has 1 saturated heterocycles. The summed E-state index contributed by atoms with van der Waals surface area (Å²) in [5, 5.41) is 3.37. The van der Waals surface area contributed by atoms with Crippen LogP contribution in [0, 0.1) is 0 Å². The number of rotatable bonds is 3. The summed E-state index contributed by atoms with van der Waals surface area (Å²) in [4.78, 5) is 0. The van der Waals surface area contributed by atoms with Crippen molar-refractivity contribution in [1.82, 2.24) is 5.32 Å². The number of hydrogen-bond donors (Lipinski definition) is 1. The van der Waals surface area contributed by atoms with Crippen LogP contribution < -0.4 is 5.32 Å². The van der Waals surface area contributed by atoms with Gasteiger partial charge in [0, 0.05) is 25.2 Å². The van der Waals surface area contributed by atoms with Crippen LogP contribution in [0.2, 0.25) is 0 Å². The van der Waals surface area contributed by atoms with Gasteiger partial charge in [-0.15, -0.1) is 0 Å². The van der Waals surface area contributed by atoms with Crippen molar-refractivity contribution in [2.45, 2.75) is 44.4 Å². The van der Waals surface area contributed by atoms with Gasteiger partial charge in [-0.2, -0.15) is 0 Å². The lowest BCUT2D eigenvalue weighted by Gasteiger charge is -2.38. The van der Waals surface area contributed by atoms with Crippen molar-refractivity contribution in [2.24, 2.45) is 0 Å². The fourth-order valence-corrected chi connectivity index (χ4v) is 2.99. The average Bonchev–Trinajstić information content (AvgIpc) is 2.39. The Bertz CT molecular complexity index is 391. The van der Waals surface area contributed by atoms with Crippen LogP contribution in [0.5, 0.6) is 0 Å². The second kappa shape index (κ2) is 5.64. The van der Waals surface area contributed by atoms with Crippen LogP contribution in [0.1, 0.15) is 44.7 Å². The van der Waals surface area contributed by atoms with Gasteiger partial charge in [-0.3, -0.25) is 0 Å². The molecule has 1 aliphatic rings. The molecule has 1 aromatic rings. The summed E-state index contributed by atoms with van der Waals surface area (Å²) in [6, 6.07) is 9.23. The van der Waals surface area contributed by atoms with Gasteiger partial charge in [-0.05, 0) is 36.4 Å². The maximum Gasteiger partial charge on any atom is 0.0475 e. The molecule has 1 aliphatic heterocycles. The molecule has 19 heavy (non-hydrogen) atoms. The van der Waals surface area contributed by atoms with E-state index in [1.54, 1.807) is 0 Å². The van der Waals surface area contributed by atoms with Gasteiger partial charge in [0.1, 0.15) is 0 Å². The first-order valence-electron chi connectivity index (χ1n) is 7.31. The molecular formula is C17H27NO. The van der Waals surface area contributed by atoms with E-state index >= 15 is 0 Å². The smallest absolute Gasteiger partial charge is 0.0475 e. The molecule has 0 amide bonds. The van der Waals surface area contributed by atoms with Crippen LogP contribution in [-0.4, -0.2) is 26.8 Å². The normalized spacial score (nSPS) is 19.4. The molecule has 0 spiro atoms. The maximum absolute atomic E-state index is 5.54. The fraction of sp³-hybridized carbons (Fsp3) is 0.647. The first-order valence-corrected chi connectivity index (χ1v) is 7.31. The highest BCUT2D eigenvalue weighted by atomic mass is 16.5. The number of hydrogen-bond acceptors (Lipinski definition) is 2. The molecule has 1 N–H and O–H groups in total.